The number of aryl methyl sites for hydroxylation is 1. The Kier molecular flexibility index (Phi) is 5.83. The summed E-state index contributed by atoms with van der Waals surface area (Å²) in [5.41, 5.74) is 1.40. The molecule has 0 spiro atoms. The maximum atomic E-state index is 14.3. The second-order valence-electron chi connectivity index (χ2n) is 6.53. The van der Waals surface area contributed by atoms with E-state index in [0.717, 1.165) is 37.0 Å². The molecule has 27 heavy (non-hydrogen) atoms. The molecule has 1 amide bonds. The third-order valence-electron chi connectivity index (χ3n) is 4.56. The molecule has 0 bridgehead atoms. The average Bonchev–Trinajstić information content (AvgIpc) is 2.65. The number of hydrogen-bond acceptors (Lipinski definition) is 3. The Bertz CT molecular complexity index is 973. The summed E-state index contributed by atoms with van der Waals surface area (Å²) in [5.74, 6) is -1.40. The van der Waals surface area contributed by atoms with Crippen LogP contribution in [-0.4, -0.2) is 31.7 Å². The number of anilines is 1. The minimum Gasteiger partial charge on any atom is -0.322 e. The van der Waals surface area contributed by atoms with Crippen LogP contribution in [0.15, 0.2) is 41.3 Å². The smallest absolute Gasteiger partial charge is 0.255 e. The van der Waals surface area contributed by atoms with Crippen molar-refractivity contribution in [3.8, 4) is 0 Å². The van der Waals surface area contributed by atoms with Crippen LogP contribution < -0.4 is 5.32 Å². The number of rotatable bonds is 4. The van der Waals surface area contributed by atoms with Crippen molar-refractivity contribution in [3.63, 3.8) is 0 Å². The summed E-state index contributed by atoms with van der Waals surface area (Å²) in [7, 11) is -3.98. The van der Waals surface area contributed by atoms with Gasteiger partial charge in [0.1, 0.15) is 10.7 Å². The van der Waals surface area contributed by atoms with Gasteiger partial charge in [0, 0.05) is 29.4 Å². The van der Waals surface area contributed by atoms with Crippen molar-refractivity contribution in [2.45, 2.75) is 31.1 Å². The molecule has 0 aliphatic carbocycles. The van der Waals surface area contributed by atoms with Crippen molar-refractivity contribution in [2.24, 2.45) is 0 Å². The average molecular weight is 411 g/mol. The Morgan fingerprint density at radius 2 is 1.81 bits per heavy atom. The third kappa shape index (κ3) is 4.31. The number of nitrogens with one attached hydrogen (secondary N) is 1. The molecule has 5 nitrogen and oxygen atoms in total. The molecule has 1 aliphatic rings. The minimum absolute atomic E-state index is 0.0590. The molecule has 1 saturated heterocycles. The standard InChI is InChI=1S/C19H20ClFN2O3S/c1-13-5-7-15(12-16(13)20)22-19(24)14-6-8-17(21)18(11-14)27(25,26)23-9-3-2-4-10-23/h5-8,11-12H,2-4,9-10H2,1H3,(H,22,24). The van der Waals surface area contributed by atoms with Crippen molar-refractivity contribution in [1.29, 1.82) is 0 Å². The van der Waals surface area contributed by atoms with E-state index in [9.17, 15) is 17.6 Å². The third-order valence-corrected chi connectivity index (χ3v) is 6.88. The number of halogens is 2. The van der Waals surface area contributed by atoms with E-state index in [0.29, 0.717) is 23.8 Å². The summed E-state index contributed by atoms with van der Waals surface area (Å²) in [6.45, 7) is 2.56. The Morgan fingerprint density at radius 3 is 2.48 bits per heavy atom. The first-order valence-corrected chi connectivity index (χ1v) is 10.5. The predicted molar refractivity (Wildman–Crippen MR) is 103 cm³/mol. The van der Waals surface area contributed by atoms with Gasteiger partial charge in [-0.1, -0.05) is 24.1 Å². The predicted octanol–water partition coefficient (Wildman–Crippen LogP) is 4.21. The Labute approximate surface area is 163 Å². The summed E-state index contributed by atoms with van der Waals surface area (Å²) in [6.07, 6.45) is 2.44. The highest BCUT2D eigenvalue weighted by Crippen LogP contribution is 2.25. The van der Waals surface area contributed by atoms with E-state index in [1.54, 1.807) is 18.2 Å². The molecule has 8 heteroatoms. The molecular formula is C19H20ClFN2O3S. The van der Waals surface area contributed by atoms with Gasteiger partial charge in [0.25, 0.3) is 5.91 Å². The number of sulfonamides is 1. The number of piperidine rings is 1. The minimum atomic E-state index is -3.98. The lowest BCUT2D eigenvalue weighted by Crippen LogP contribution is -2.36. The van der Waals surface area contributed by atoms with Gasteiger partial charge in [0.05, 0.1) is 0 Å². The molecule has 0 unspecified atom stereocenters. The maximum absolute atomic E-state index is 14.3. The largest absolute Gasteiger partial charge is 0.322 e. The fourth-order valence-corrected chi connectivity index (χ4v) is 4.75. The normalized spacial score (nSPS) is 15.5. The summed E-state index contributed by atoms with van der Waals surface area (Å²) in [6, 6.07) is 8.40. The number of amides is 1. The van der Waals surface area contributed by atoms with E-state index in [1.807, 2.05) is 6.92 Å². The lowest BCUT2D eigenvalue weighted by Gasteiger charge is -2.26. The number of carbonyl (C=O) groups excluding carboxylic acids is 1. The second-order valence-corrected chi connectivity index (χ2v) is 8.84. The molecule has 2 aromatic rings. The molecule has 0 aromatic heterocycles. The first-order chi connectivity index (χ1) is 12.8. The van der Waals surface area contributed by atoms with E-state index < -0.39 is 26.6 Å². The second kappa shape index (κ2) is 7.96. The number of nitrogens with zero attached hydrogens (tertiary/aromatic N) is 1. The molecule has 2 aromatic carbocycles. The molecule has 1 N–H and O–H groups in total. The maximum Gasteiger partial charge on any atom is 0.255 e. The van der Waals surface area contributed by atoms with Gasteiger partial charge in [-0.25, -0.2) is 12.8 Å². The van der Waals surface area contributed by atoms with Gasteiger partial charge in [-0.2, -0.15) is 4.31 Å². The van der Waals surface area contributed by atoms with E-state index in [4.69, 9.17) is 11.6 Å². The van der Waals surface area contributed by atoms with E-state index in [-0.39, 0.29) is 5.56 Å². The Hall–Kier alpha value is -1.96. The number of benzene rings is 2. The van der Waals surface area contributed by atoms with Gasteiger partial charge in [-0.3, -0.25) is 4.79 Å². The molecule has 1 heterocycles. The summed E-state index contributed by atoms with van der Waals surface area (Å²) < 4.78 is 41.0. The fraction of sp³-hybridized carbons (Fsp3) is 0.316. The van der Waals surface area contributed by atoms with Gasteiger partial charge in [0.15, 0.2) is 0 Å². The van der Waals surface area contributed by atoms with Crippen molar-refractivity contribution in [1.82, 2.24) is 4.31 Å². The highest BCUT2D eigenvalue weighted by Gasteiger charge is 2.29. The Balaban J connectivity index is 1.88. The van der Waals surface area contributed by atoms with Crippen molar-refractivity contribution in [2.75, 3.05) is 18.4 Å². The molecule has 1 aliphatic heterocycles. The van der Waals surface area contributed by atoms with Gasteiger partial charge in [-0.05, 0) is 55.7 Å². The zero-order valence-electron chi connectivity index (χ0n) is 14.8. The Morgan fingerprint density at radius 1 is 1.11 bits per heavy atom. The summed E-state index contributed by atoms with van der Waals surface area (Å²) >= 11 is 6.05. The van der Waals surface area contributed by atoms with Crippen LogP contribution in [0, 0.1) is 12.7 Å². The van der Waals surface area contributed by atoms with Crippen LogP contribution in [0.4, 0.5) is 10.1 Å². The quantitative estimate of drug-likeness (QED) is 0.820. The van der Waals surface area contributed by atoms with Crippen LogP contribution >= 0.6 is 11.6 Å². The lowest BCUT2D eigenvalue weighted by atomic mass is 10.2. The summed E-state index contributed by atoms with van der Waals surface area (Å²) in [4.78, 5) is 12.0. The fourth-order valence-electron chi connectivity index (χ4n) is 2.96. The van der Waals surface area contributed by atoms with Gasteiger partial charge < -0.3 is 5.32 Å². The summed E-state index contributed by atoms with van der Waals surface area (Å²) in [5, 5.41) is 3.15. The monoisotopic (exact) mass is 410 g/mol. The molecule has 144 valence electrons. The first kappa shape index (κ1) is 19.8. The van der Waals surface area contributed by atoms with Gasteiger partial charge >= 0.3 is 0 Å². The van der Waals surface area contributed by atoms with Crippen LogP contribution in [0.25, 0.3) is 0 Å². The van der Waals surface area contributed by atoms with Crippen LogP contribution in [-0.2, 0) is 10.0 Å². The molecule has 1 fully saturated rings. The van der Waals surface area contributed by atoms with Crippen molar-refractivity contribution in [3.05, 3.63) is 58.4 Å². The van der Waals surface area contributed by atoms with Crippen LogP contribution in [0.5, 0.6) is 0 Å². The number of hydrogen-bond donors (Lipinski definition) is 1. The topological polar surface area (TPSA) is 66.5 Å². The molecule has 0 atom stereocenters. The molecule has 0 radical (unpaired) electrons. The van der Waals surface area contributed by atoms with Crippen molar-refractivity contribution >= 4 is 33.2 Å². The number of carbonyl (C=O) groups is 1. The molecule has 3 rings (SSSR count). The van der Waals surface area contributed by atoms with Crippen molar-refractivity contribution < 1.29 is 17.6 Å². The lowest BCUT2D eigenvalue weighted by molar-refractivity contribution is 0.102. The highest BCUT2D eigenvalue weighted by molar-refractivity contribution is 7.89. The SMILES string of the molecule is Cc1ccc(NC(=O)c2ccc(F)c(S(=O)(=O)N3CCCCC3)c2)cc1Cl. The first-order valence-electron chi connectivity index (χ1n) is 8.66. The molecule has 0 saturated carbocycles. The van der Waals surface area contributed by atoms with Crippen LogP contribution in [0.1, 0.15) is 35.2 Å². The van der Waals surface area contributed by atoms with Crippen LogP contribution in [0.3, 0.4) is 0 Å². The van der Waals surface area contributed by atoms with Gasteiger partial charge in [-0.15, -0.1) is 0 Å². The highest BCUT2D eigenvalue weighted by atomic mass is 35.5. The molecular weight excluding hydrogens is 391 g/mol. The zero-order valence-corrected chi connectivity index (χ0v) is 16.4. The zero-order chi connectivity index (χ0) is 19.6. The van der Waals surface area contributed by atoms with Crippen LogP contribution in [0.2, 0.25) is 5.02 Å². The van der Waals surface area contributed by atoms with E-state index >= 15 is 0 Å². The van der Waals surface area contributed by atoms with E-state index in [2.05, 4.69) is 5.32 Å². The van der Waals surface area contributed by atoms with E-state index in [1.165, 1.54) is 10.4 Å². The van der Waals surface area contributed by atoms with Gasteiger partial charge in [0.2, 0.25) is 10.0 Å².